The van der Waals surface area contributed by atoms with Crippen molar-refractivity contribution in [2.75, 3.05) is 26.2 Å². The van der Waals surface area contributed by atoms with E-state index in [0.29, 0.717) is 32.0 Å². The normalized spacial score (nSPS) is 30.6. The maximum Gasteiger partial charge on any atom is 0.310 e. The topological polar surface area (TPSA) is 60.9 Å². The second-order valence-electron chi connectivity index (χ2n) is 6.73. The van der Waals surface area contributed by atoms with Gasteiger partial charge in [0.1, 0.15) is 0 Å². The Morgan fingerprint density at radius 1 is 1.29 bits per heavy atom. The molecule has 0 radical (unpaired) electrons. The van der Waals surface area contributed by atoms with Crippen molar-refractivity contribution in [1.29, 1.82) is 0 Å². The van der Waals surface area contributed by atoms with Gasteiger partial charge in [-0.05, 0) is 45.6 Å². The van der Waals surface area contributed by atoms with E-state index in [1.807, 2.05) is 16.7 Å². The summed E-state index contributed by atoms with van der Waals surface area (Å²) in [7, 11) is 0. The van der Waals surface area contributed by atoms with Crippen LogP contribution in [-0.4, -0.2) is 59.0 Å². The number of aliphatic carboxylic acids is 1. The van der Waals surface area contributed by atoms with Crippen molar-refractivity contribution in [2.45, 2.75) is 58.4 Å². The Bertz CT molecular complexity index is 399. The number of piperidine rings is 1. The van der Waals surface area contributed by atoms with Gasteiger partial charge in [0.05, 0.1) is 12.0 Å². The number of likely N-dealkylation sites (tertiary alicyclic amines) is 2. The Hall–Kier alpha value is -1.10. The van der Waals surface area contributed by atoms with Crippen molar-refractivity contribution in [3.8, 4) is 0 Å². The van der Waals surface area contributed by atoms with E-state index in [1.54, 1.807) is 0 Å². The molecule has 1 N–H and O–H groups in total. The summed E-state index contributed by atoms with van der Waals surface area (Å²) in [6.07, 6.45) is 5.61. The number of carboxylic acid groups (broad SMARTS) is 1. The lowest BCUT2D eigenvalue weighted by Crippen LogP contribution is -2.47. The molecule has 21 heavy (non-hydrogen) atoms. The summed E-state index contributed by atoms with van der Waals surface area (Å²) in [5, 5.41) is 9.52. The van der Waals surface area contributed by atoms with E-state index in [2.05, 4.69) is 6.92 Å². The first-order valence-electron chi connectivity index (χ1n) is 8.24. The molecule has 2 unspecified atom stereocenters. The van der Waals surface area contributed by atoms with Crippen LogP contribution in [0.2, 0.25) is 0 Å². The average Bonchev–Trinajstić information content (AvgIpc) is 2.84. The van der Waals surface area contributed by atoms with E-state index in [1.165, 1.54) is 6.42 Å². The third-order valence-corrected chi connectivity index (χ3v) is 5.10. The molecule has 2 atom stereocenters. The highest BCUT2D eigenvalue weighted by molar-refractivity contribution is 5.79. The van der Waals surface area contributed by atoms with Crippen LogP contribution in [0.1, 0.15) is 52.4 Å². The Morgan fingerprint density at radius 3 is 2.67 bits per heavy atom. The molecule has 5 nitrogen and oxygen atoms in total. The van der Waals surface area contributed by atoms with E-state index in [0.717, 1.165) is 32.4 Å². The monoisotopic (exact) mass is 296 g/mol. The molecule has 0 aromatic heterocycles. The molecule has 5 heteroatoms. The maximum absolute atomic E-state index is 12.4. The number of hydrogen-bond donors (Lipinski definition) is 1. The average molecular weight is 296 g/mol. The zero-order valence-electron chi connectivity index (χ0n) is 13.3. The van der Waals surface area contributed by atoms with Gasteiger partial charge in [-0.2, -0.15) is 0 Å². The lowest BCUT2D eigenvalue weighted by molar-refractivity contribution is -0.149. The van der Waals surface area contributed by atoms with Crippen molar-refractivity contribution < 1.29 is 14.7 Å². The minimum atomic E-state index is -0.703. The van der Waals surface area contributed by atoms with Crippen molar-refractivity contribution in [1.82, 2.24) is 9.80 Å². The van der Waals surface area contributed by atoms with Crippen LogP contribution in [0.15, 0.2) is 0 Å². The number of nitrogens with zero attached hydrogens (tertiary/aromatic N) is 2. The molecule has 0 aromatic rings. The highest BCUT2D eigenvalue weighted by Crippen LogP contribution is 2.35. The Labute approximate surface area is 127 Å². The molecule has 2 aliphatic heterocycles. The predicted octanol–water partition coefficient (Wildman–Crippen LogP) is 1.96. The Morgan fingerprint density at radius 2 is 2.05 bits per heavy atom. The molecule has 2 fully saturated rings. The van der Waals surface area contributed by atoms with Crippen molar-refractivity contribution >= 4 is 11.9 Å². The first kappa shape index (κ1) is 16.3. The molecule has 0 saturated carbocycles. The number of rotatable bonds is 5. The highest BCUT2D eigenvalue weighted by atomic mass is 16.4. The van der Waals surface area contributed by atoms with Gasteiger partial charge in [0, 0.05) is 19.1 Å². The van der Waals surface area contributed by atoms with Crippen LogP contribution in [0.25, 0.3) is 0 Å². The van der Waals surface area contributed by atoms with E-state index in [-0.39, 0.29) is 5.91 Å². The standard InChI is InChI=1S/C16H28N2O3/c1-3-7-16(15(20)21)8-10-17(12-16)11-14(19)18-9-5-4-6-13(18)2/h13H,3-12H2,1-2H3,(H,20,21). The fourth-order valence-electron chi connectivity index (χ4n) is 3.81. The van der Waals surface area contributed by atoms with Gasteiger partial charge in [-0.3, -0.25) is 14.5 Å². The van der Waals surface area contributed by atoms with Gasteiger partial charge in [-0.25, -0.2) is 0 Å². The Kier molecular flexibility index (Phi) is 5.25. The second-order valence-corrected chi connectivity index (χ2v) is 6.73. The number of carboxylic acids is 1. The SMILES string of the molecule is CCCC1(C(=O)O)CCN(CC(=O)N2CCCCC2C)C1. The fraction of sp³-hybridized carbons (Fsp3) is 0.875. The van der Waals surface area contributed by atoms with Crippen LogP contribution in [-0.2, 0) is 9.59 Å². The van der Waals surface area contributed by atoms with E-state index in [4.69, 9.17) is 0 Å². The number of carbonyl (C=O) groups is 2. The summed E-state index contributed by atoms with van der Waals surface area (Å²) in [5.74, 6) is -0.537. The van der Waals surface area contributed by atoms with Crippen molar-refractivity contribution in [2.24, 2.45) is 5.41 Å². The molecule has 0 bridgehead atoms. The van der Waals surface area contributed by atoms with Crippen molar-refractivity contribution in [3.05, 3.63) is 0 Å². The maximum atomic E-state index is 12.4. The highest BCUT2D eigenvalue weighted by Gasteiger charge is 2.44. The number of amides is 1. The number of carbonyl (C=O) groups excluding carboxylic acids is 1. The molecular weight excluding hydrogens is 268 g/mol. The molecule has 1 amide bonds. The van der Waals surface area contributed by atoms with E-state index < -0.39 is 11.4 Å². The zero-order valence-corrected chi connectivity index (χ0v) is 13.3. The molecule has 0 aliphatic carbocycles. The molecule has 0 aromatic carbocycles. The molecule has 120 valence electrons. The fourth-order valence-corrected chi connectivity index (χ4v) is 3.81. The summed E-state index contributed by atoms with van der Waals surface area (Å²) in [6, 6.07) is 0.328. The zero-order chi connectivity index (χ0) is 15.5. The van der Waals surface area contributed by atoms with Crippen LogP contribution in [0.4, 0.5) is 0 Å². The van der Waals surface area contributed by atoms with Gasteiger partial charge in [0.25, 0.3) is 0 Å². The summed E-state index contributed by atoms with van der Waals surface area (Å²) < 4.78 is 0. The molecule has 2 rings (SSSR count). The van der Waals surface area contributed by atoms with Gasteiger partial charge < -0.3 is 10.0 Å². The summed E-state index contributed by atoms with van der Waals surface area (Å²) >= 11 is 0. The first-order valence-corrected chi connectivity index (χ1v) is 8.24. The lowest BCUT2D eigenvalue weighted by atomic mass is 9.83. The minimum Gasteiger partial charge on any atom is -0.481 e. The lowest BCUT2D eigenvalue weighted by Gasteiger charge is -2.34. The minimum absolute atomic E-state index is 0.167. The molecule has 2 heterocycles. The van der Waals surface area contributed by atoms with Crippen LogP contribution in [0, 0.1) is 5.41 Å². The van der Waals surface area contributed by atoms with Crippen LogP contribution < -0.4 is 0 Å². The first-order chi connectivity index (χ1) is 9.98. The molecule has 0 spiro atoms. The Balaban J connectivity index is 1.92. The van der Waals surface area contributed by atoms with Crippen LogP contribution in [0.3, 0.4) is 0 Å². The van der Waals surface area contributed by atoms with Gasteiger partial charge >= 0.3 is 5.97 Å². The smallest absolute Gasteiger partial charge is 0.310 e. The summed E-state index contributed by atoms with van der Waals surface area (Å²) in [5.41, 5.74) is -0.636. The quantitative estimate of drug-likeness (QED) is 0.842. The third kappa shape index (κ3) is 3.57. The largest absolute Gasteiger partial charge is 0.481 e. The van der Waals surface area contributed by atoms with E-state index in [9.17, 15) is 14.7 Å². The van der Waals surface area contributed by atoms with Gasteiger partial charge in [-0.15, -0.1) is 0 Å². The molecular formula is C16H28N2O3. The van der Waals surface area contributed by atoms with Crippen LogP contribution >= 0.6 is 0 Å². The summed E-state index contributed by atoms with van der Waals surface area (Å²) in [6.45, 7) is 6.61. The van der Waals surface area contributed by atoms with Gasteiger partial charge in [-0.1, -0.05) is 13.3 Å². The van der Waals surface area contributed by atoms with Crippen molar-refractivity contribution in [3.63, 3.8) is 0 Å². The summed E-state index contributed by atoms with van der Waals surface area (Å²) in [4.78, 5) is 28.0. The van der Waals surface area contributed by atoms with Crippen LogP contribution in [0.5, 0.6) is 0 Å². The predicted molar refractivity (Wildman–Crippen MR) is 81.1 cm³/mol. The second kappa shape index (κ2) is 6.77. The van der Waals surface area contributed by atoms with Gasteiger partial charge in [0.2, 0.25) is 5.91 Å². The third-order valence-electron chi connectivity index (χ3n) is 5.10. The van der Waals surface area contributed by atoms with E-state index >= 15 is 0 Å². The molecule has 2 saturated heterocycles. The van der Waals surface area contributed by atoms with Gasteiger partial charge in [0.15, 0.2) is 0 Å². The number of hydrogen-bond acceptors (Lipinski definition) is 3. The molecule has 2 aliphatic rings.